The number of nitrogens with one attached hydrogen (secondary N) is 1. The number of nitrogens with zero attached hydrogens (tertiary/aromatic N) is 4. The standard InChI is InChI=1S/C15H16ClN5O2S2/c1-24-9-7-12(15-19-18-14-4-2-3-8-21(14)15)20-25(22,23)11-5-6-13(16)17-10-11/h2-6,8,10,12,20H,7,9H2,1H3. The van der Waals surface area contributed by atoms with Gasteiger partial charge in [0.15, 0.2) is 11.5 Å². The van der Waals surface area contributed by atoms with E-state index in [1.54, 1.807) is 16.2 Å². The zero-order chi connectivity index (χ0) is 17.9. The van der Waals surface area contributed by atoms with Gasteiger partial charge in [-0.05, 0) is 42.7 Å². The highest BCUT2D eigenvalue weighted by atomic mass is 35.5. The maximum atomic E-state index is 12.7. The lowest BCUT2D eigenvalue weighted by Crippen LogP contribution is -2.30. The Morgan fingerprint density at radius 2 is 2.12 bits per heavy atom. The second kappa shape index (κ2) is 7.69. The van der Waals surface area contributed by atoms with E-state index in [0.29, 0.717) is 17.9 Å². The molecule has 0 aliphatic heterocycles. The summed E-state index contributed by atoms with van der Waals surface area (Å²) < 4.78 is 29.9. The van der Waals surface area contributed by atoms with Crippen molar-refractivity contribution in [1.82, 2.24) is 24.3 Å². The van der Waals surface area contributed by atoms with Crippen molar-refractivity contribution in [1.29, 1.82) is 0 Å². The zero-order valence-corrected chi connectivity index (χ0v) is 15.7. The molecule has 3 rings (SSSR count). The number of aromatic nitrogens is 4. The van der Waals surface area contributed by atoms with Gasteiger partial charge in [0.1, 0.15) is 10.0 Å². The van der Waals surface area contributed by atoms with Crippen molar-refractivity contribution in [2.45, 2.75) is 17.4 Å². The van der Waals surface area contributed by atoms with Crippen molar-refractivity contribution in [3.8, 4) is 0 Å². The van der Waals surface area contributed by atoms with Crippen LogP contribution in [0.5, 0.6) is 0 Å². The van der Waals surface area contributed by atoms with Gasteiger partial charge in [-0.3, -0.25) is 4.40 Å². The van der Waals surface area contributed by atoms with E-state index in [0.717, 1.165) is 5.75 Å². The minimum atomic E-state index is -3.76. The van der Waals surface area contributed by atoms with Crippen LogP contribution in [0.25, 0.3) is 5.65 Å². The summed E-state index contributed by atoms with van der Waals surface area (Å²) >= 11 is 7.37. The van der Waals surface area contributed by atoms with Crippen LogP contribution in [0.4, 0.5) is 0 Å². The molecule has 0 radical (unpaired) electrons. The smallest absolute Gasteiger partial charge is 0.242 e. The van der Waals surface area contributed by atoms with Gasteiger partial charge < -0.3 is 0 Å². The first kappa shape index (κ1) is 18.1. The normalized spacial score (nSPS) is 13.2. The summed E-state index contributed by atoms with van der Waals surface area (Å²) in [6.45, 7) is 0. The van der Waals surface area contributed by atoms with Gasteiger partial charge in [-0.2, -0.15) is 11.8 Å². The third-order valence-corrected chi connectivity index (χ3v) is 5.89. The first-order chi connectivity index (χ1) is 12.0. The molecule has 0 saturated heterocycles. The van der Waals surface area contributed by atoms with Gasteiger partial charge in [0.05, 0.1) is 6.04 Å². The molecule has 3 aromatic heterocycles. The number of hydrogen-bond acceptors (Lipinski definition) is 6. The molecule has 1 N–H and O–H groups in total. The quantitative estimate of drug-likeness (QED) is 0.616. The van der Waals surface area contributed by atoms with Gasteiger partial charge in [-0.15, -0.1) is 10.2 Å². The van der Waals surface area contributed by atoms with Crippen LogP contribution in [-0.4, -0.2) is 40.0 Å². The van der Waals surface area contributed by atoms with E-state index in [4.69, 9.17) is 11.6 Å². The molecule has 1 atom stereocenters. The average Bonchev–Trinajstić information content (AvgIpc) is 3.03. The maximum absolute atomic E-state index is 12.7. The van der Waals surface area contributed by atoms with Crippen molar-refractivity contribution in [2.75, 3.05) is 12.0 Å². The van der Waals surface area contributed by atoms with E-state index in [9.17, 15) is 8.42 Å². The van der Waals surface area contributed by atoms with Crippen molar-refractivity contribution < 1.29 is 8.42 Å². The topological polar surface area (TPSA) is 89.2 Å². The Labute approximate surface area is 154 Å². The van der Waals surface area contributed by atoms with Crippen molar-refractivity contribution in [3.05, 3.63) is 53.7 Å². The Balaban J connectivity index is 1.94. The van der Waals surface area contributed by atoms with E-state index in [2.05, 4.69) is 19.9 Å². The summed E-state index contributed by atoms with van der Waals surface area (Å²) in [4.78, 5) is 3.89. The molecular formula is C15H16ClN5O2S2. The summed E-state index contributed by atoms with van der Waals surface area (Å²) in [5.74, 6) is 1.32. The molecule has 0 saturated carbocycles. The van der Waals surface area contributed by atoms with Crippen molar-refractivity contribution in [3.63, 3.8) is 0 Å². The molecule has 0 spiro atoms. The fourth-order valence-corrected chi connectivity index (χ4v) is 4.11. The lowest BCUT2D eigenvalue weighted by Gasteiger charge is -2.17. The van der Waals surface area contributed by atoms with Crippen molar-refractivity contribution >= 4 is 39.0 Å². The highest BCUT2D eigenvalue weighted by Gasteiger charge is 2.25. The molecule has 10 heteroatoms. The molecule has 7 nitrogen and oxygen atoms in total. The minimum absolute atomic E-state index is 0.0554. The van der Waals surface area contributed by atoms with Gasteiger partial charge in [0, 0.05) is 12.4 Å². The van der Waals surface area contributed by atoms with E-state index < -0.39 is 16.1 Å². The summed E-state index contributed by atoms with van der Waals surface area (Å²) in [6, 6.07) is 7.88. The Hall–Kier alpha value is -1.68. The molecule has 0 bridgehead atoms. The number of halogens is 1. The molecule has 132 valence electrons. The molecule has 0 aliphatic carbocycles. The monoisotopic (exact) mass is 397 g/mol. The lowest BCUT2D eigenvalue weighted by molar-refractivity contribution is 0.536. The van der Waals surface area contributed by atoms with Crippen LogP contribution in [0.3, 0.4) is 0 Å². The van der Waals surface area contributed by atoms with Gasteiger partial charge in [0.2, 0.25) is 10.0 Å². The van der Waals surface area contributed by atoms with Crippen LogP contribution in [0.15, 0.2) is 47.6 Å². The molecule has 3 heterocycles. The van der Waals surface area contributed by atoms with Gasteiger partial charge in [-0.25, -0.2) is 18.1 Å². The summed E-state index contributed by atoms with van der Waals surface area (Å²) in [7, 11) is -3.76. The SMILES string of the molecule is CSCCC(NS(=O)(=O)c1ccc(Cl)nc1)c1nnc2ccccn12. The molecule has 0 aromatic carbocycles. The van der Waals surface area contributed by atoms with E-state index in [1.807, 2.05) is 30.7 Å². The number of thioether (sulfide) groups is 1. The fourth-order valence-electron chi connectivity index (χ4n) is 2.35. The highest BCUT2D eigenvalue weighted by molar-refractivity contribution is 7.98. The first-order valence-electron chi connectivity index (χ1n) is 7.44. The Kier molecular flexibility index (Phi) is 5.57. The molecule has 0 aliphatic rings. The summed E-state index contributed by atoms with van der Waals surface area (Å²) in [5, 5.41) is 8.52. The predicted octanol–water partition coefficient (Wildman–Crippen LogP) is 2.55. The van der Waals surface area contributed by atoms with Crippen LogP contribution < -0.4 is 4.72 Å². The molecular weight excluding hydrogens is 382 g/mol. The van der Waals surface area contributed by atoms with E-state index in [1.165, 1.54) is 18.3 Å². The third-order valence-electron chi connectivity index (χ3n) is 3.57. The van der Waals surface area contributed by atoms with Crippen LogP contribution >= 0.6 is 23.4 Å². The number of sulfonamides is 1. The summed E-state index contributed by atoms with van der Waals surface area (Å²) in [5.41, 5.74) is 0.666. The lowest BCUT2D eigenvalue weighted by atomic mass is 10.2. The maximum Gasteiger partial charge on any atom is 0.242 e. The second-order valence-electron chi connectivity index (χ2n) is 5.26. The second-order valence-corrected chi connectivity index (χ2v) is 8.35. The van der Waals surface area contributed by atoms with Gasteiger partial charge >= 0.3 is 0 Å². The molecule has 25 heavy (non-hydrogen) atoms. The average molecular weight is 398 g/mol. The first-order valence-corrected chi connectivity index (χ1v) is 10.7. The molecule has 0 fully saturated rings. The Morgan fingerprint density at radius 1 is 1.28 bits per heavy atom. The molecule has 1 unspecified atom stereocenters. The zero-order valence-electron chi connectivity index (χ0n) is 13.3. The minimum Gasteiger partial charge on any atom is -0.285 e. The number of hydrogen-bond donors (Lipinski definition) is 1. The largest absolute Gasteiger partial charge is 0.285 e. The van der Waals surface area contributed by atoms with E-state index in [-0.39, 0.29) is 10.0 Å². The van der Waals surface area contributed by atoms with Crippen LogP contribution in [0.1, 0.15) is 18.3 Å². The Bertz CT molecular complexity index is 959. The number of fused-ring (bicyclic) bond motifs is 1. The number of rotatable bonds is 7. The molecule has 0 amide bonds. The van der Waals surface area contributed by atoms with Crippen LogP contribution in [0.2, 0.25) is 5.15 Å². The van der Waals surface area contributed by atoms with Gasteiger partial charge in [-0.1, -0.05) is 17.7 Å². The van der Waals surface area contributed by atoms with E-state index >= 15 is 0 Å². The fraction of sp³-hybridized carbons (Fsp3) is 0.267. The highest BCUT2D eigenvalue weighted by Crippen LogP contribution is 2.21. The van der Waals surface area contributed by atoms with Crippen LogP contribution in [-0.2, 0) is 10.0 Å². The molecule has 3 aromatic rings. The third kappa shape index (κ3) is 4.12. The predicted molar refractivity (Wildman–Crippen MR) is 98.3 cm³/mol. The van der Waals surface area contributed by atoms with Crippen LogP contribution in [0, 0.1) is 0 Å². The Morgan fingerprint density at radius 3 is 2.84 bits per heavy atom. The van der Waals surface area contributed by atoms with Gasteiger partial charge in [0.25, 0.3) is 0 Å². The van der Waals surface area contributed by atoms with Crippen molar-refractivity contribution in [2.24, 2.45) is 0 Å². The number of pyridine rings is 2. The summed E-state index contributed by atoms with van der Waals surface area (Å²) in [6.07, 6.45) is 5.60.